The fourth-order valence-corrected chi connectivity index (χ4v) is 2.38. The molecule has 0 unspecified atom stereocenters. The Morgan fingerprint density at radius 1 is 1.17 bits per heavy atom. The van der Waals surface area contributed by atoms with Gasteiger partial charge in [0.25, 0.3) is 0 Å². The molecule has 6 heteroatoms. The molecule has 0 spiro atoms. The first-order valence-corrected chi connectivity index (χ1v) is 7.67. The molecule has 4 nitrogen and oxygen atoms in total. The molecule has 1 aliphatic rings. The fraction of sp³-hybridized carbons (Fsp3) is 0.278. The number of benzene rings is 2. The molecule has 0 saturated carbocycles. The monoisotopic (exact) mass is 441 g/mol. The van der Waals surface area contributed by atoms with Crippen molar-refractivity contribution in [3.8, 4) is 5.75 Å². The number of nitrogens with one attached hydrogen (secondary N) is 1. The molecule has 1 aliphatic heterocycles. The first-order valence-electron chi connectivity index (χ1n) is 7.67. The van der Waals surface area contributed by atoms with Gasteiger partial charge in [0.1, 0.15) is 18.2 Å². The van der Waals surface area contributed by atoms with Gasteiger partial charge in [0.05, 0.1) is 6.54 Å². The van der Waals surface area contributed by atoms with Crippen molar-refractivity contribution in [2.24, 2.45) is 4.99 Å². The average Bonchev–Trinajstić information content (AvgIpc) is 2.98. The number of hydrogen-bond donors (Lipinski definition) is 1. The van der Waals surface area contributed by atoms with Crippen molar-refractivity contribution >= 4 is 29.9 Å². The second kappa shape index (κ2) is 8.86. The number of aliphatic imine (C=N–C) groups is 1. The Hall–Kier alpha value is -1.83. The standard InChI is InChI=1S/C18H20FN3O.HI/c1-22-11-10-20-18(22)21-12-14-6-8-16(9-7-14)23-13-15-4-2-3-5-17(15)19;/h2-9H,10-13H2,1H3,(H,20,21);1H. The van der Waals surface area contributed by atoms with E-state index < -0.39 is 0 Å². The summed E-state index contributed by atoms with van der Waals surface area (Å²) < 4.78 is 19.2. The van der Waals surface area contributed by atoms with Gasteiger partial charge in [0, 0.05) is 25.7 Å². The molecule has 3 rings (SSSR count). The summed E-state index contributed by atoms with van der Waals surface area (Å²) in [6, 6.07) is 14.4. The van der Waals surface area contributed by atoms with E-state index in [-0.39, 0.29) is 36.4 Å². The summed E-state index contributed by atoms with van der Waals surface area (Å²) in [5, 5.41) is 3.32. The molecule has 0 bridgehead atoms. The third-order valence-electron chi connectivity index (χ3n) is 3.78. The van der Waals surface area contributed by atoms with Gasteiger partial charge in [-0.1, -0.05) is 30.3 Å². The van der Waals surface area contributed by atoms with Crippen LogP contribution in [0.3, 0.4) is 0 Å². The van der Waals surface area contributed by atoms with Crippen molar-refractivity contribution < 1.29 is 9.13 Å². The Morgan fingerprint density at radius 2 is 1.92 bits per heavy atom. The lowest BCUT2D eigenvalue weighted by Gasteiger charge is -2.15. The lowest BCUT2D eigenvalue weighted by atomic mass is 10.2. The molecule has 2 aromatic carbocycles. The van der Waals surface area contributed by atoms with Gasteiger partial charge >= 0.3 is 0 Å². The van der Waals surface area contributed by atoms with Gasteiger partial charge in [-0.25, -0.2) is 4.39 Å². The van der Waals surface area contributed by atoms with Crippen molar-refractivity contribution in [1.29, 1.82) is 0 Å². The molecular formula is C18H21FIN3O. The van der Waals surface area contributed by atoms with E-state index in [1.165, 1.54) is 6.07 Å². The molecule has 1 heterocycles. The minimum absolute atomic E-state index is 0. The summed E-state index contributed by atoms with van der Waals surface area (Å²) in [6.07, 6.45) is 0. The molecule has 128 valence electrons. The molecule has 0 aliphatic carbocycles. The van der Waals surface area contributed by atoms with E-state index >= 15 is 0 Å². The highest BCUT2D eigenvalue weighted by Gasteiger charge is 2.11. The van der Waals surface area contributed by atoms with Crippen LogP contribution in [0.25, 0.3) is 0 Å². The zero-order chi connectivity index (χ0) is 16.1. The maximum Gasteiger partial charge on any atom is 0.194 e. The fourth-order valence-electron chi connectivity index (χ4n) is 2.38. The summed E-state index contributed by atoms with van der Waals surface area (Å²) >= 11 is 0. The largest absolute Gasteiger partial charge is 0.489 e. The predicted octanol–water partition coefficient (Wildman–Crippen LogP) is 3.41. The van der Waals surface area contributed by atoms with Gasteiger partial charge in [-0.3, -0.25) is 4.99 Å². The molecule has 0 radical (unpaired) electrons. The number of hydrogen-bond acceptors (Lipinski definition) is 4. The van der Waals surface area contributed by atoms with Gasteiger partial charge in [-0.15, -0.1) is 24.0 Å². The Balaban J connectivity index is 0.00000208. The second-order valence-corrected chi connectivity index (χ2v) is 5.50. The molecule has 0 fully saturated rings. The van der Waals surface area contributed by atoms with Crippen LogP contribution in [0.5, 0.6) is 5.75 Å². The first-order chi connectivity index (χ1) is 11.2. The lowest BCUT2D eigenvalue weighted by Crippen LogP contribution is -2.35. The molecule has 24 heavy (non-hydrogen) atoms. The maximum absolute atomic E-state index is 13.5. The highest BCUT2D eigenvalue weighted by Crippen LogP contribution is 2.15. The van der Waals surface area contributed by atoms with E-state index in [2.05, 4.69) is 15.2 Å². The van der Waals surface area contributed by atoms with E-state index in [0.29, 0.717) is 5.56 Å². The third-order valence-corrected chi connectivity index (χ3v) is 3.78. The van der Waals surface area contributed by atoms with E-state index in [0.717, 1.165) is 36.9 Å². The number of halogens is 2. The number of likely N-dealkylation sites (N-methyl/N-ethyl adjacent to an activating group) is 1. The quantitative estimate of drug-likeness (QED) is 0.723. The van der Waals surface area contributed by atoms with E-state index in [1.807, 2.05) is 31.3 Å². The molecule has 0 aromatic heterocycles. The summed E-state index contributed by atoms with van der Waals surface area (Å²) in [5.74, 6) is 1.42. The summed E-state index contributed by atoms with van der Waals surface area (Å²) in [6.45, 7) is 2.76. The molecular weight excluding hydrogens is 420 g/mol. The summed E-state index contributed by atoms with van der Waals surface area (Å²) in [5.41, 5.74) is 1.70. The second-order valence-electron chi connectivity index (χ2n) is 5.50. The highest BCUT2D eigenvalue weighted by atomic mass is 127. The van der Waals surface area contributed by atoms with E-state index in [1.54, 1.807) is 18.2 Å². The number of ether oxygens (including phenoxy) is 1. The van der Waals surface area contributed by atoms with Crippen LogP contribution in [0, 0.1) is 5.82 Å². The van der Waals surface area contributed by atoms with Crippen LogP contribution in [0.15, 0.2) is 53.5 Å². The highest BCUT2D eigenvalue weighted by molar-refractivity contribution is 14.0. The van der Waals surface area contributed by atoms with E-state index in [4.69, 9.17) is 4.74 Å². The molecule has 0 saturated heterocycles. The number of rotatable bonds is 5. The summed E-state index contributed by atoms with van der Waals surface area (Å²) in [4.78, 5) is 6.49. The van der Waals surface area contributed by atoms with Gasteiger partial charge in [-0.05, 0) is 23.8 Å². The Morgan fingerprint density at radius 3 is 2.58 bits per heavy atom. The van der Waals surface area contributed by atoms with Crippen molar-refractivity contribution in [3.63, 3.8) is 0 Å². The number of guanidine groups is 1. The van der Waals surface area contributed by atoms with Gasteiger partial charge in [0.2, 0.25) is 0 Å². The van der Waals surface area contributed by atoms with Crippen LogP contribution in [0.1, 0.15) is 11.1 Å². The Labute approximate surface area is 158 Å². The van der Waals surface area contributed by atoms with Crippen LogP contribution in [-0.4, -0.2) is 31.0 Å². The van der Waals surface area contributed by atoms with E-state index in [9.17, 15) is 4.39 Å². The predicted molar refractivity (Wildman–Crippen MR) is 104 cm³/mol. The Kier molecular flexibility index (Phi) is 6.84. The topological polar surface area (TPSA) is 36.9 Å². The average molecular weight is 441 g/mol. The molecule has 0 atom stereocenters. The van der Waals surface area contributed by atoms with Crippen molar-refractivity contribution in [2.45, 2.75) is 13.2 Å². The SMILES string of the molecule is CN1CCN=C1NCc1ccc(OCc2ccccc2F)cc1.I. The third kappa shape index (κ3) is 4.83. The van der Waals surface area contributed by atoms with Crippen molar-refractivity contribution in [3.05, 3.63) is 65.5 Å². The maximum atomic E-state index is 13.5. The molecule has 2 aromatic rings. The normalized spacial score (nSPS) is 13.2. The van der Waals surface area contributed by atoms with Crippen LogP contribution in [0.2, 0.25) is 0 Å². The minimum Gasteiger partial charge on any atom is -0.489 e. The number of nitrogens with zero attached hydrogens (tertiary/aromatic N) is 2. The van der Waals surface area contributed by atoms with Crippen LogP contribution in [0.4, 0.5) is 4.39 Å². The summed E-state index contributed by atoms with van der Waals surface area (Å²) in [7, 11) is 2.03. The molecule has 1 N–H and O–H groups in total. The first kappa shape index (κ1) is 18.5. The van der Waals surface area contributed by atoms with Gasteiger partial charge in [0.15, 0.2) is 5.96 Å². The Bertz CT molecular complexity index is 691. The van der Waals surface area contributed by atoms with Crippen LogP contribution >= 0.6 is 24.0 Å². The van der Waals surface area contributed by atoms with Crippen molar-refractivity contribution in [2.75, 3.05) is 20.1 Å². The smallest absolute Gasteiger partial charge is 0.194 e. The minimum atomic E-state index is -0.241. The van der Waals surface area contributed by atoms with Crippen molar-refractivity contribution in [1.82, 2.24) is 10.2 Å². The zero-order valence-electron chi connectivity index (χ0n) is 13.5. The van der Waals surface area contributed by atoms with Gasteiger partial charge in [-0.2, -0.15) is 0 Å². The van der Waals surface area contributed by atoms with Crippen LogP contribution < -0.4 is 10.1 Å². The lowest BCUT2D eigenvalue weighted by molar-refractivity contribution is 0.300. The molecule has 0 amide bonds. The van der Waals surface area contributed by atoms with Gasteiger partial charge < -0.3 is 15.0 Å². The van der Waals surface area contributed by atoms with Crippen LogP contribution in [-0.2, 0) is 13.2 Å². The zero-order valence-corrected chi connectivity index (χ0v) is 15.9.